The van der Waals surface area contributed by atoms with Gasteiger partial charge in [-0.2, -0.15) is 0 Å². The number of benzene rings is 1. The average molecular weight is 400 g/mol. The number of hydrogen-bond donors (Lipinski definition) is 2. The van der Waals surface area contributed by atoms with E-state index in [9.17, 15) is 4.79 Å². The van der Waals surface area contributed by atoms with Crippen molar-refractivity contribution in [3.05, 3.63) is 51.9 Å². The van der Waals surface area contributed by atoms with Gasteiger partial charge in [-0.25, -0.2) is 0 Å². The van der Waals surface area contributed by atoms with Gasteiger partial charge in [-0.1, -0.05) is 30.3 Å². The molecule has 5 nitrogen and oxygen atoms in total. The topological polar surface area (TPSA) is 53.6 Å². The fraction of sp³-hybridized carbons (Fsp3) is 0.500. The van der Waals surface area contributed by atoms with E-state index in [0.29, 0.717) is 13.3 Å². The third-order valence-corrected chi connectivity index (χ3v) is 6.60. The van der Waals surface area contributed by atoms with Crippen molar-refractivity contribution in [3.8, 4) is 0 Å². The number of nitrogens with one attached hydrogen (secondary N) is 2. The summed E-state index contributed by atoms with van der Waals surface area (Å²) in [4.78, 5) is 16.2. The van der Waals surface area contributed by atoms with Gasteiger partial charge in [-0.15, -0.1) is 11.3 Å². The van der Waals surface area contributed by atoms with E-state index in [2.05, 4.69) is 48.7 Å². The number of ether oxygens (including phenoxy) is 1. The Morgan fingerprint density at radius 1 is 1.25 bits per heavy atom. The average Bonchev–Trinajstić information content (AvgIpc) is 3.04. The molecule has 0 aliphatic carbocycles. The van der Waals surface area contributed by atoms with E-state index < -0.39 is 0 Å². The Morgan fingerprint density at radius 2 is 2.07 bits per heavy atom. The van der Waals surface area contributed by atoms with Crippen LogP contribution in [0.2, 0.25) is 0 Å². The van der Waals surface area contributed by atoms with Crippen molar-refractivity contribution in [2.75, 3.05) is 31.6 Å². The molecule has 3 heterocycles. The molecule has 0 bridgehead atoms. The maximum atomic E-state index is 13.1. The minimum atomic E-state index is -0.201. The standard InChI is InChI=1S/C22H29N3O2S/c1-22(2)13-17-18(14-27-22)28-20-19(17)21(26)25(15-24-20)12-6-10-23-11-9-16-7-4-3-5-8-16/h3-5,7-8,23-24H,6,9-15H2,1-2H3. The number of nitrogens with zero attached hydrogens (tertiary/aromatic N) is 1. The third kappa shape index (κ3) is 4.24. The highest BCUT2D eigenvalue weighted by molar-refractivity contribution is 7.16. The largest absolute Gasteiger partial charge is 0.370 e. The lowest BCUT2D eigenvalue weighted by Crippen LogP contribution is -2.42. The van der Waals surface area contributed by atoms with Gasteiger partial charge in [-0.05, 0) is 50.9 Å². The number of amides is 1. The summed E-state index contributed by atoms with van der Waals surface area (Å²) in [7, 11) is 0. The van der Waals surface area contributed by atoms with Gasteiger partial charge in [0.25, 0.3) is 5.91 Å². The first-order chi connectivity index (χ1) is 13.5. The molecule has 4 rings (SSSR count). The number of thiophene rings is 1. The monoisotopic (exact) mass is 399 g/mol. The van der Waals surface area contributed by atoms with Gasteiger partial charge < -0.3 is 20.3 Å². The normalized spacial score (nSPS) is 17.8. The first-order valence-corrected chi connectivity index (χ1v) is 10.9. The molecule has 0 fully saturated rings. The lowest BCUT2D eigenvalue weighted by molar-refractivity contribution is -0.0384. The van der Waals surface area contributed by atoms with Crippen molar-refractivity contribution < 1.29 is 9.53 Å². The summed E-state index contributed by atoms with van der Waals surface area (Å²) >= 11 is 1.68. The zero-order valence-electron chi connectivity index (χ0n) is 16.7. The van der Waals surface area contributed by atoms with E-state index in [1.54, 1.807) is 11.3 Å². The van der Waals surface area contributed by atoms with Crippen molar-refractivity contribution >= 4 is 22.2 Å². The first-order valence-electron chi connectivity index (χ1n) is 10.1. The Hall–Kier alpha value is -1.89. The summed E-state index contributed by atoms with van der Waals surface area (Å²) in [6.45, 7) is 8.06. The number of anilines is 1. The molecule has 28 heavy (non-hydrogen) atoms. The predicted molar refractivity (Wildman–Crippen MR) is 114 cm³/mol. The van der Waals surface area contributed by atoms with Crippen LogP contribution in [0.15, 0.2) is 30.3 Å². The Morgan fingerprint density at radius 3 is 2.89 bits per heavy atom. The molecule has 0 spiro atoms. The SMILES string of the molecule is CC1(C)Cc2c(sc3c2C(=O)N(CCCNCCc2ccccc2)CN3)CO1. The summed E-state index contributed by atoms with van der Waals surface area (Å²) in [6.07, 6.45) is 2.79. The van der Waals surface area contributed by atoms with Gasteiger partial charge in [0.05, 0.1) is 24.4 Å². The lowest BCUT2D eigenvalue weighted by atomic mass is 9.92. The van der Waals surface area contributed by atoms with Crippen LogP contribution >= 0.6 is 11.3 Å². The van der Waals surface area contributed by atoms with Crippen LogP contribution in [0.4, 0.5) is 5.00 Å². The maximum Gasteiger partial charge on any atom is 0.258 e. The van der Waals surface area contributed by atoms with Gasteiger partial charge in [0.1, 0.15) is 5.00 Å². The van der Waals surface area contributed by atoms with Gasteiger partial charge in [0.15, 0.2) is 0 Å². The second-order valence-corrected chi connectivity index (χ2v) is 9.28. The Labute approximate surface area is 171 Å². The zero-order valence-corrected chi connectivity index (χ0v) is 17.5. The van der Waals surface area contributed by atoms with E-state index in [1.807, 2.05) is 11.0 Å². The fourth-order valence-electron chi connectivity index (χ4n) is 3.88. The quantitative estimate of drug-likeness (QED) is 0.698. The van der Waals surface area contributed by atoms with Gasteiger partial charge >= 0.3 is 0 Å². The molecule has 2 aliphatic heterocycles. The molecule has 0 saturated carbocycles. The molecule has 150 valence electrons. The summed E-state index contributed by atoms with van der Waals surface area (Å²) in [5.41, 5.74) is 3.23. The van der Waals surface area contributed by atoms with Crippen LogP contribution in [-0.2, 0) is 24.2 Å². The molecular weight excluding hydrogens is 370 g/mol. The number of fused-ring (bicyclic) bond motifs is 3. The molecule has 1 aromatic heterocycles. The van der Waals surface area contributed by atoms with Crippen molar-refractivity contribution in [1.29, 1.82) is 0 Å². The van der Waals surface area contributed by atoms with Crippen LogP contribution in [0.1, 0.15) is 46.6 Å². The molecule has 2 aliphatic rings. The van der Waals surface area contributed by atoms with Crippen LogP contribution in [0, 0.1) is 0 Å². The van der Waals surface area contributed by atoms with E-state index in [4.69, 9.17) is 4.74 Å². The van der Waals surface area contributed by atoms with Crippen LogP contribution in [0.25, 0.3) is 0 Å². The van der Waals surface area contributed by atoms with Crippen molar-refractivity contribution in [2.45, 2.75) is 45.3 Å². The van der Waals surface area contributed by atoms with Gasteiger partial charge in [0, 0.05) is 17.8 Å². The number of carbonyl (C=O) groups excluding carboxylic acids is 1. The highest BCUT2D eigenvalue weighted by atomic mass is 32.1. The predicted octanol–water partition coefficient (Wildman–Crippen LogP) is 3.65. The molecule has 2 N–H and O–H groups in total. The minimum Gasteiger partial charge on any atom is -0.370 e. The molecule has 0 radical (unpaired) electrons. The second-order valence-electron chi connectivity index (χ2n) is 8.18. The van der Waals surface area contributed by atoms with Crippen LogP contribution in [-0.4, -0.2) is 42.7 Å². The molecule has 0 atom stereocenters. The highest BCUT2D eigenvalue weighted by Gasteiger charge is 2.36. The number of hydrogen-bond acceptors (Lipinski definition) is 5. The Bertz CT molecular complexity index is 832. The van der Waals surface area contributed by atoms with E-state index in [1.165, 1.54) is 16.0 Å². The third-order valence-electron chi connectivity index (χ3n) is 5.43. The van der Waals surface area contributed by atoms with Crippen molar-refractivity contribution in [1.82, 2.24) is 10.2 Å². The maximum absolute atomic E-state index is 13.1. The molecule has 1 amide bonds. The summed E-state index contributed by atoms with van der Waals surface area (Å²) < 4.78 is 5.92. The van der Waals surface area contributed by atoms with Gasteiger partial charge in [-0.3, -0.25) is 4.79 Å². The van der Waals surface area contributed by atoms with E-state index in [0.717, 1.165) is 49.5 Å². The molecular formula is C22H29N3O2S. The fourth-order valence-corrected chi connectivity index (χ4v) is 4.99. The van der Waals surface area contributed by atoms with Crippen molar-refractivity contribution in [3.63, 3.8) is 0 Å². The summed E-state index contributed by atoms with van der Waals surface area (Å²) in [6, 6.07) is 10.5. The van der Waals surface area contributed by atoms with Crippen LogP contribution < -0.4 is 10.6 Å². The van der Waals surface area contributed by atoms with Crippen LogP contribution in [0.3, 0.4) is 0 Å². The molecule has 6 heteroatoms. The first kappa shape index (κ1) is 19.4. The smallest absolute Gasteiger partial charge is 0.258 e. The van der Waals surface area contributed by atoms with E-state index in [-0.39, 0.29) is 11.5 Å². The number of carbonyl (C=O) groups is 1. The van der Waals surface area contributed by atoms with Gasteiger partial charge in [0.2, 0.25) is 0 Å². The minimum absolute atomic E-state index is 0.174. The molecule has 0 unspecified atom stereocenters. The lowest BCUT2D eigenvalue weighted by Gasteiger charge is -2.32. The van der Waals surface area contributed by atoms with Crippen LogP contribution in [0.5, 0.6) is 0 Å². The summed E-state index contributed by atoms with van der Waals surface area (Å²) in [5.74, 6) is 0.174. The van der Waals surface area contributed by atoms with E-state index >= 15 is 0 Å². The Kier molecular flexibility index (Phi) is 5.71. The van der Waals surface area contributed by atoms with Crippen molar-refractivity contribution in [2.24, 2.45) is 0 Å². The summed E-state index contributed by atoms with van der Waals surface area (Å²) in [5, 5.41) is 7.96. The number of rotatable bonds is 7. The zero-order chi connectivity index (χ0) is 19.6. The Balaban J connectivity index is 1.27. The molecule has 2 aromatic rings. The molecule has 0 saturated heterocycles. The molecule has 1 aromatic carbocycles. The highest BCUT2D eigenvalue weighted by Crippen LogP contribution is 2.42. The second kappa shape index (κ2) is 8.23.